The minimum atomic E-state index is -0.252. The molecule has 0 bridgehead atoms. The van der Waals surface area contributed by atoms with Gasteiger partial charge in [-0.3, -0.25) is 29.4 Å². The van der Waals surface area contributed by atoms with Gasteiger partial charge in [0.05, 0.1) is 72.7 Å². The van der Waals surface area contributed by atoms with Crippen LogP contribution in [-0.2, 0) is 48.7 Å². The number of nitrogens with zero attached hydrogens (tertiary/aromatic N) is 5. The number of benzene rings is 4. The smallest absolute Gasteiger partial charge is 0.257 e. The first-order valence-corrected chi connectivity index (χ1v) is 20.8. The normalized spacial score (nSPS) is 17.1. The Balaban J connectivity index is 0.847. The number of carbonyl (C=O) groups excluding carboxylic acids is 3. The van der Waals surface area contributed by atoms with Gasteiger partial charge in [0.15, 0.2) is 11.5 Å². The average molecular weight is 834 g/mol. The molecule has 0 radical (unpaired) electrons. The van der Waals surface area contributed by atoms with E-state index in [2.05, 4.69) is 17.4 Å². The fourth-order valence-electron chi connectivity index (χ4n) is 8.36. The van der Waals surface area contributed by atoms with Crippen LogP contribution in [0.15, 0.2) is 94.9 Å². The number of aromatic nitrogens is 1. The van der Waals surface area contributed by atoms with E-state index >= 15 is 0 Å². The maximum absolute atomic E-state index is 14.1. The van der Waals surface area contributed by atoms with Crippen LogP contribution in [-0.4, -0.2) is 83.9 Å². The molecule has 4 aliphatic heterocycles. The summed E-state index contributed by atoms with van der Waals surface area (Å²) in [6.45, 7) is 4.26. The predicted octanol–water partition coefficient (Wildman–Crippen LogP) is 6.43. The standard InChI is InChI=1S/C48H47N7O7/c1-29-16-39-41(50-23-37-18-30-6-3-4-7-32(30)25-54(37)47(39)57)21-43(29)61-27-35-8-5-9-36(52-35)28-62-45-22-42-40(20-44(45)59-2)48(58)55-26-33-17-34(53-46(56)12-14-60-15-13-49)11-10-31(33)19-38(55)24-51-42/h3-11,16-17,20-24,37-38H,12-15,18-19,25-28,49H2,1-2H3,(H,53,56)/t37-,38-/m0/s1. The molecular formula is C48H47N7O7. The summed E-state index contributed by atoms with van der Waals surface area (Å²) in [5.74, 6) is 1.07. The first-order chi connectivity index (χ1) is 30.2. The number of carbonyl (C=O) groups is 3. The molecule has 0 spiro atoms. The van der Waals surface area contributed by atoms with Gasteiger partial charge in [0.2, 0.25) is 5.91 Å². The average Bonchev–Trinajstić information content (AvgIpc) is 3.50. The third-order valence-corrected chi connectivity index (χ3v) is 11.6. The van der Waals surface area contributed by atoms with Crippen molar-refractivity contribution in [1.29, 1.82) is 0 Å². The molecular weight excluding hydrogens is 787 g/mol. The summed E-state index contributed by atoms with van der Waals surface area (Å²) >= 11 is 0. The van der Waals surface area contributed by atoms with Gasteiger partial charge < -0.3 is 39.8 Å². The second-order valence-electron chi connectivity index (χ2n) is 15.8. The van der Waals surface area contributed by atoms with Crippen LogP contribution in [0.25, 0.3) is 0 Å². The summed E-state index contributed by atoms with van der Waals surface area (Å²) in [7, 11) is 1.53. The molecule has 3 N–H and O–H groups in total. The highest BCUT2D eigenvalue weighted by molar-refractivity contribution is 6.04. The van der Waals surface area contributed by atoms with Crippen LogP contribution in [0.2, 0.25) is 0 Å². The monoisotopic (exact) mass is 833 g/mol. The Labute approximate surface area is 359 Å². The van der Waals surface area contributed by atoms with Gasteiger partial charge in [-0.15, -0.1) is 0 Å². The lowest BCUT2D eigenvalue weighted by atomic mass is 9.93. The number of anilines is 1. The molecule has 5 aromatic rings. The van der Waals surface area contributed by atoms with Gasteiger partial charge in [0.25, 0.3) is 11.8 Å². The third-order valence-electron chi connectivity index (χ3n) is 11.6. The number of fused-ring (bicyclic) bond motifs is 6. The summed E-state index contributed by atoms with van der Waals surface area (Å²) in [5.41, 5.74) is 14.8. The fourth-order valence-corrected chi connectivity index (χ4v) is 8.36. The number of nitrogens with two attached hydrogens (primary N) is 1. The molecule has 0 fully saturated rings. The lowest BCUT2D eigenvalue weighted by molar-refractivity contribution is -0.117. The second-order valence-corrected chi connectivity index (χ2v) is 15.8. The van der Waals surface area contributed by atoms with E-state index in [0.29, 0.717) is 96.1 Å². The third kappa shape index (κ3) is 8.39. The minimum Gasteiger partial charge on any atom is -0.493 e. The number of aryl methyl sites for hydroxylation is 1. The van der Waals surface area contributed by atoms with Crippen LogP contribution < -0.4 is 25.3 Å². The van der Waals surface area contributed by atoms with E-state index in [4.69, 9.17) is 39.6 Å². The van der Waals surface area contributed by atoms with Crippen molar-refractivity contribution in [3.63, 3.8) is 0 Å². The zero-order valence-corrected chi connectivity index (χ0v) is 34.6. The van der Waals surface area contributed by atoms with E-state index in [1.807, 2.05) is 84.9 Å². The maximum Gasteiger partial charge on any atom is 0.257 e. The van der Waals surface area contributed by atoms with E-state index < -0.39 is 0 Å². The van der Waals surface area contributed by atoms with Crippen molar-refractivity contribution in [2.75, 3.05) is 32.2 Å². The van der Waals surface area contributed by atoms with Crippen LogP contribution in [0, 0.1) is 6.92 Å². The molecule has 0 unspecified atom stereocenters. The zero-order valence-electron chi connectivity index (χ0n) is 34.6. The highest BCUT2D eigenvalue weighted by atomic mass is 16.5. The van der Waals surface area contributed by atoms with Crippen LogP contribution in [0.1, 0.15) is 66.3 Å². The summed E-state index contributed by atoms with van der Waals surface area (Å²) in [5, 5.41) is 2.93. The van der Waals surface area contributed by atoms with Crippen molar-refractivity contribution in [3.05, 3.63) is 135 Å². The van der Waals surface area contributed by atoms with Crippen molar-refractivity contribution >= 4 is 47.2 Å². The summed E-state index contributed by atoms with van der Waals surface area (Å²) < 4.78 is 23.6. The van der Waals surface area contributed by atoms with Crippen LogP contribution in [0.4, 0.5) is 17.1 Å². The number of hydrogen-bond acceptors (Lipinski definition) is 11. The molecule has 14 heteroatoms. The van der Waals surface area contributed by atoms with Gasteiger partial charge in [-0.05, 0) is 84.0 Å². The van der Waals surface area contributed by atoms with Gasteiger partial charge in [-0.2, -0.15) is 0 Å². The van der Waals surface area contributed by atoms with Gasteiger partial charge in [0.1, 0.15) is 19.0 Å². The summed E-state index contributed by atoms with van der Waals surface area (Å²) in [6, 6.07) is 26.4. The lowest BCUT2D eigenvalue weighted by Crippen LogP contribution is -2.44. The summed E-state index contributed by atoms with van der Waals surface area (Å²) in [4.78, 5) is 58.4. The molecule has 4 aliphatic rings. The molecule has 4 aromatic carbocycles. The fraction of sp³-hybridized carbons (Fsp3) is 0.292. The Morgan fingerprint density at radius 3 is 2.05 bits per heavy atom. The first kappa shape index (κ1) is 40.5. The molecule has 5 heterocycles. The number of amides is 3. The van der Waals surface area contributed by atoms with Crippen molar-refractivity contribution in [2.24, 2.45) is 15.7 Å². The lowest BCUT2D eigenvalue weighted by Gasteiger charge is -2.34. The van der Waals surface area contributed by atoms with Gasteiger partial charge in [-0.1, -0.05) is 36.4 Å². The van der Waals surface area contributed by atoms with Gasteiger partial charge >= 0.3 is 0 Å². The number of methoxy groups -OCH3 is 1. The highest BCUT2D eigenvalue weighted by Gasteiger charge is 2.35. The van der Waals surface area contributed by atoms with Crippen molar-refractivity contribution < 1.29 is 33.3 Å². The Hall–Kier alpha value is -6.90. The maximum atomic E-state index is 14.1. The first-order valence-electron chi connectivity index (χ1n) is 20.8. The zero-order chi connectivity index (χ0) is 42.7. The van der Waals surface area contributed by atoms with Gasteiger partial charge in [0, 0.05) is 49.9 Å². The predicted molar refractivity (Wildman–Crippen MR) is 234 cm³/mol. The van der Waals surface area contributed by atoms with E-state index in [9.17, 15) is 14.4 Å². The topological polar surface area (TPSA) is 170 Å². The van der Waals surface area contributed by atoms with Crippen molar-refractivity contribution in [2.45, 2.75) is 64.6 Å². The van der Waals surface area contributed by atoms with E-state index in [0.717, 1.165) is 23.1 Å². The second kappa shape index (κ2) is 17.6. The highest BCUT2D eigenvalue weighted by Crippen LogP contribution is 2.39. The van der Waals surface area contributed by atoms with Gasteiger partial charge in [-0.25, -0.2) is 0 Å². The molecule has 0 aliphatic carbocycles. The number of pyridine rings is 1. The largest absolute Gasteiger partial charge is 0.493 e. The number of ether oxygens (including phenoxy) is 4. The molecule has 0 saturated heterocycles. The Morgan fingerprint density at radius 1 is 0.726 bits per heavy atom. The molecule has 3 amide bonds. The van der Waals surface area contributed by atoms with E-state index in [1.165, 1.54) is 18.2 Å². The van der Waals surface area contributed by atoms with E-state index in [-0.39, 0.29) is 49.4 Å². The SMILES string of the molecule is COc1cc2c(cc1OCc1cccc(COc3cc4c(cc3C)C(=O)N3Cc5ccccc5C[C@H]3C=N4)n1)N=C[C@@H]1Cc3ccc(NC(=O)CCOCCN)cc3CN1C2=O. The molecule has 316 valence electrons. The Bertz CT molecular complexity index is 2630. The molecule has 2 atom stereocenters. The Kier molecular flexibility index (Phi) is 11.5. The number of hydrogen-bond donors (Lipinski definition) is 2. The van der Waals surface area contributed by atoms with Crippen molar-refractivity contribution in [3.8, 4) is 17.2 Å². The van der Waals surface area contributed by atoms with Crippen molar-refractivity contribution in [1.82, 2.24) is 14.8 Å². The summed E-state index contributed by atoms with van der Waals surface area (Å²) in [6.07, 6.45) is 5.22. The molecule has 1 aromatic heterocycles. The number of rotatable bonds is 13. The van der Waals surface area contributed by atoms with E-state index in [1.54, 1.807) is 17.0 Å². The number of aliphatic imine (C=N–C) groups is 2. The number of nitrogens with one attached hydrogen (secondary N) is 1. The molecule has 14 nitrogen and oxygen atoms in total. The van der Waals surface area contributed by atoms with Crippen LogP contribution in [0.5, 0.6) is 17.2 Å². The quantitative estimate of drug-likeness (QED) is 0.127. The molecule has 62 heavy (non-hydrogen) atoms. The molecule has 0 saturated carbocycles. The van der Waals surface area contributed by atoms with Crippen LogP contribution >= 0.6 is 0 Å². The minimum absolute atomic E-state index is 0.0346. The Morgan fingerprint density at radius 2 is 1.35 bits per heavy atom. The molecule has 9 rings (SSSR count). The van der Waals surface area contributed by atoms with Crippen LogP contribution in [0.3, 0.4) is 0 Å².